The van der Waals surface area contributed by atoms with Gasteiger partial charge in [0.1, 0.15) is 5.82 Å². The molecule has 0 aromatic carbocycles. The first-order chi connectivity index (χ1) is 8.61. The molecule has 3 nitrogen and oxygen atoms in total. The number of aromatic nitrogens is 1. The number of hydrogen-bond donors (Lipinski definition) is 1. The predicted molar refractivity (Wildman–Crippen MR) is 76.7 cm³/mol. The molecule has 1 aliphatic rings. The van der Waals surface area contributed by atoms with E-state index in [4.69, 9.17) is 5.73 Å². The van der Waals surface area contributed by atoms with Crippen LogP contribution in [-0.4, -0.2) is 18.1 Å². The van der Waals surface area contributed by atoms with Crippen LogP contribution in [0.3, 0.4) is 0 Å². The molecule has 2 rings (SSSR count). The highest BCUT2D eigenvalue weighted by atomic mass is 15.2. The zero-order chi connectivity index (χ0) is 13.1. The van der Waals surface area contributed by atoms with Gasteiger partial charge in [-0.2, -0.15) is 0 Å². The van der Waals surface area contributed by atoms with Gasteiger partial charge in [0.15, 0.2) is 0 Å². The molecule has 0 aliphatic heterocycles. The molecule has 18 heavy (non-hydrogen) atoms. The third-order valence-electron chi connectivity index (χ3n) is 4.18. The zero-order valence-corrected chi connectivity index (χ0v) is 11.8. The van der Waals surface area contributed by atoms with Gasteiger partial charge in [-0.15, -0.1) is 0 Å². The Morgan fingerprint density at radius 1 is 1.28 bits per heavy atom. The Morgan fingerprint density at radius 3 is 2.56 bits per heavy atom. The molecule has 1 saturated carbocycles. The van der Waals surface area contributed by atoms with Crippen molar-refractivity contribution in [3.05, 3.63) is 23.4 Å². The van der Waals surface area contributed by atoms with Gasteiger partial charge in [-0.1, -0.05) is 13.0 Å². The first-order valence-corrected chi connectivity index (χ1v) is 7.01. The number of rotatable bonds is 3. The summed E-state index contributed by atoms with van der Waals surface area (Å²) in [5.74, 6) is 1.96. The van der Waals surface area contributed by atoms with Gasteiger partial charge >= 0.3 is 0 Å². The number of anilines is 1. The fourth-order valence-corrected chi connectivity index (χ4v) is 2.84. The van der Waals surface area contributed by atoms with Crippen molar-refractivity contribution in [1.82, 2.24) is 4.98 Å². The minimum Gasteiger partial charge on any atom is -0.356 e. The Hall–Kier alpha value is -1.09. The highest BCUT2D eigenvalue weighted by molar-refractivity contribution is 5.48. The van der Waals surface area contributed by atoms with Crippen molar-refractivity contribution in [1.29, 1.82) is 0 Å². The minimum atomic E-state index is 0.566. The van der Waals surface area contributed by atoms with E-state index in [2.05, 4.69) is 29.9 Å². The zero-order valence-electron chi connectivity index (χ0n) is 11.8. The largest absolute Gasteiger partial charge is 0.356 e. The van der Waals surface area contributed by atoms with Crippen molar-refractivity contribution in [2.24, 2.45) is 11.7 Å². The fraction of sp³-hybridized carbons (Fsp3) is 0.667. The molecular weight excluding hydrogens is 222 g/mol. The van der Waals surface area contributed by atoms with E-state index in [0.29, 0.717) is 12.6 Å². The van der Waals surface area contributed by atoms with Crippen LogP contribution in [0.1, 0.15) is 43.9 Å². The molecule has 0 unspecified atom stereocenters. The van der Waals surface area contributed by atoms with Crippen molar-refractivity contribution in [2.45, 2.75) is 52.1 Å². The second-order valence-electron chi connectivity index (χ2n) is 5.66. The smallest absolute Gasteiger partial charge is 0.133 e. The Morgan fingerprint density at radius 2 is 1.94 bits per heavy atom. The van der Waals surface area contributed by atoms with E-state index >= 15 is 0 Å². The van der Waals surface area contributed by atoms with E-state index in [9.17, 15) is 0 Å². The van der Waals surface area contributed by atoms with Crippen molar-refractivity contribution in [3.63, 3.8) is 0 Å². The van der Waals surface area contributed by atoms with Gasteiger partial charge in [0.05, 0.1) is 0 Å². The molecule has 0 bridgehead atoms. The standard InChI is InChI=1S/C15H25N3/c1-11-4-8-14(9-5-11)18(3)15-13(10-16)7-6-12(2)17-15/h6-7,11,14H,4-5,8-10,16H2,1-3H3. The Bertz CT molecular complexity index is 395. The lowest BCUT2D eigenvalue weighted by Gasteiger charge is -2.35. The maximum atomic E-state index is 5.82. The normalized spacial score (nSPS) is 24.0. The van der Waals surface area contributed by atoms with Gasteiger partial charge < -0.3 is 10.6 Å². The maximum absolute atomic E-state index is 5.82. The van der Waals surface area contributed by atoms with Gasteiger partial charge in [0.2, 0.25) is 0 Å². The number of nitrogens with two attached hydrogens (primary N) is 1. The first-order valence-electron chi connectivity index (χ1n) is 7.01. The molecule has 1 aromatic heterocycles. The summed E-state index contributed by atoms with van der Waals surface area (Å²) in [4.78, 5) is 7.03. The molecule has 2 N–H and O–H groups in total. The van der Waals surface area contributed by atoms with Crippen LogP contribution in [-0.2, 0) is 6.54 Å². The SMILES string of the molecule is Cc1ccc(CN)c(N(C)C2CCC(C)CC2)n1. The second kappa shape index (κ2) is 5.70. The summed E-state index contributed by atoms with van der Waals surface area (Å²) in [6.07, 6.45) is 5.21. The molecule has 3 heteroatoms. The summed E-state index contributed by atoms with van der Waals surface area (Å²) >= 11 is 0. The number of nitrogens with zero attached hydrogens (tertiary/aromatic N) is 2. The fourth-order valence-electron chi connectivity index (χ4n) is 2.84. The maximum Gasteiger partial charge on any atom is 0.133 e. The van der Waals surface area contributed by atoms with Gasteiger partial charge in [-0.3, -0.25) is 0 Å². The topological polar surface area (TPSA) is 42.1 Å². The monoisotopic (exact) mass is 247 g/mol. The lowest BCUT2D eigenvalue weighted by Crippen LogP contribution is -2.36. The van der Waals surface area contributed by atoms with E-state index < -0.39 is 0 Å². The van der Waals surface area contributed by atoms with Gasteiger partial charge in [-0.05, 0) is 44.6 Å². The quantitative estimate of drug-likeness (QED) is 0.893. The van der Waals surface area contributed by atoms with Gasteiger partial charge in [-0.25, -0.2) is 4.98 Å². The molecule has 1 heterocycles. The Labute approximate surface area is 110 Å². The molecule has 1 fully saturated rings. The lowest BCUT2D eigenvalue weighted by atomic mass is 9.86. The van der Waals surface area contributed by atoms with E-state index in [0.717, 1.165) is 23.0 Å². The molecule has 1 aliphatic carbocycles. The highest BCUT2D eigenvalue weighted by Gasteiger charge is 2.23. The summed E-state index contributed by atoms with van der Waals surface area (Å²) in [6, 6.07) is 4.78. The minimum absolute atomic E-state index is 0.566. The lowest BCUT2D eigenvalue weighted by molar-refractivity contribution is 0.339. The number of hydrogen-bond acceptors (Lipinski definition) is 3. The molecule has 1 aromatic rings. The molecule has 100 valence electrons. The van der Waals surface area contributed by atoms with Crippen LogP contribution in [0.4, 0.5) is 5.82 Å². The van der Waals surface area contributed by atoms with Crippen molar-refractivity contribution in [3.8, 4) is 0 Å². The van der Waals surface area contributed by atoms with Gasteiger partial charge in [0, 0.05) is 30.9 Å². The molecule has 0 radical (unpaired) electrons. The average Bonchev–Trinajstić information content (AvgIpc) is 2.39. The van der Waals surface area contributed by atoms with E-state index in [1.165, 1.54) is 25.7 Å². The summed E-state index contributed by atoms with van der Waals surface area (Å²) in [6.45, 7) is 4.96. The van der Waals surface area contributed by atoms with Crippen LogP contribution < -0.4 is 10.6 Å². The summed E-state index contributed by atoms with van der Waals surface area (Å²) in [5.41, 5.74) is 8.05. The van der Waals surface area contributed by atoms with Crippen molar-refractivity contribution in [2.75, 3.05) is 11.9 Å². The molecule has 0 spiro atoms. The highest BCUT2D eigenvalue weighted by Crippen LogP contribution is 2.30. The average molecular weight is 247 g/mol. The van der Waals surface area contributed by atoms with Crippen molar-refractivity contribution >= 4 is 5.82 Å². The molecular formula is C15H25N3. The predicted octanol–water partition coefficient (Wildman–Crippen LogP) is 2.86. The Balaban J connectivity index is 2.17. The number of aryl methyl sites for hydroxylation is 1. The van der Waals surface area contributed by atoms with Crippen LogP contribution >= 0.6 is 0 Å². The van der Waals surface area contributed by atoms with Gasteiger partial charge in [0.25, 0.3) is 0 Å². The van der Waals surface area contributed by atoms with E-state index in [-0.39, 0.29) is 0 Å². The van der Waals surface area contributed by atoms with E-state index in [1.54, 1.807) is 0 Å². The van der Waals surface area contributed by atoms with E-state index in [1.807, 2.05) is 13.0 Å². The Kier molecular flexibility index (Phi) is 4.23. The summed E-state index contributed by atoms with van der Waals surface area (Å²) < 4.78 is 0. The van der Waals surface area contributed by atoms with Crippen LogP contribution in [0.25, 0.3) is 0 Å². The van der Waals surface area contributed by atoms with Crippen LogP contribution in [0.2, 0.25) is 0 Å². The molecule has 0 amide bonds. The third-order valence-corrected chi connectivity index (χ3v) is 4.18. The van der Waals surface area contributed by atoms with Crippen molar-refractivity contribution < 1.29 is 0 Å². The summed E-state index contributed by atoms with van der Waals surface area (Å²) in [5, 5.41) is 0. The van der Waals surface area contributed by atoms with Crippen LogP contribution in [0, 0.1) is 12.8 Å². The number of pyridine rings is 1. The first kappa shape index (κ1) is 13.3. The second-order valence-corrected chi connectivity index (χ2v) is 5.66. The molecule has 0 atom stereocenters. The van der Waals surface area contributed by atoms with Crippen LogP contribution in [0.5, 0.6) is 0 Å². The van der Waals surface area contributed by atoms with Crippen LogP contribution in [0.15, 0.2) is 12.1 Å². The molecule has 0 saturated heterocycles. The summed E-state index contributed by atoms with van der Waals surface area (Å²) in [7, 11) is 2.17. The third kappa shape index (κ3) is 2.83.